The quantitative estimate of drug-likeness (QED) is 0.710. The zero-order valence-electron chi connectivity index (χ0n) is 8.58. The molecule has 1 atom stereocenters. The van der Waals surface area contributed by atoms with E-state index in [4.69, 9.17) is 0 Å². The molecule has 0 bridgehead atoms. The highest BCUT2D eigenvalue weighted by atomic mass is 79.9. The summed E-state index contributed by atoms with van der Waals surface area (Å²) in [6.45, 7) is 4.51. The first-order chi connectivity index (χ1) is 6.57. The minimum absolute atomic E-state index is 0.267. The van der Waals surface area contributed by atoms with Gasteiger partial charge in [-0.25, -0.2) is 8.42 Å². The van der Waals surface area contributed by atoms with Gasteiger partial charge in [0, 0.05) is 24.2 Å². The highest BCUT2D eigenvalue weighted by Gasteiger charge is 2.22. The van der Waals surface area contributed by atoms with Gasteiger partial charge in [0.1, 0.15) is 0 Å². The number of likely N-dealkylation sites (tertiary alicyclic amines) is 1. The molecule has 3 nitrogen and oxygen atoms in total. The second kappa shape index (κ2) is 5.47. The van der Waals surface area contributed by atoms with E-state index in [0.717, 1.165) is 18.4 Å². The van der Waals surface area contributed by atoms with Crippen molar-refractivity contribution in [3.05, 3.63) is 0 Å². The molecule has 0 aromatic heterocycles. The minimum atomic E-state index is -2.78. The first-order valence-electron chi connectivity index (χ1n) is 5.06. The number of nitrogens with zero attached hydrogens (tertiary/aromatic N) is 1. The first kappa shape index (κ1) is 12.5. The molecule has 5 heteroatoms. The molecule has 0 aromatic rings. The van der Waals surface area contributed by atoms with E-state index in [9.17, 15) is 8.42 Å². The lowest BCUT2D eigenvalue weighted by Gasteiger charge is -2.14. The normalized spacial score (nSPS) is 24.3. The monoisotopic (exact) mass is 283 g/mol. The average molecular weight is 284 g/mol. The van der Waals surface area contributed by atoms with Gasteiger partial charge in [-0.15, -0.1) is 0 Å². The summed E-state index contributed by atoms with van der Waals surface area (Å²) in [7, 11) is -2.78. The zero-order chi connectivity index (χ0) is 10.6. The van der Waals surface area contributed by atoms with E-state index >= 15 is 0 Å². The second-order valence-corrected chi connectivity index (χ2v) is 6.97. The Hall–Kier alpha value is 0.390. The van der Waals surface area contributed by atoms with Gasteiger partial charge in [0.2, 0.25) is 0 Å². The van der Waals surface area contributed by atoms with Crippen molar-refractivity contribution in [3.63, 3.8) is 0 Å². The van der Waals surface area contributed by atoms with Crippen molar-refractivity contribution in [3.8, 4) is 0 Å². The summed E-state index contributed by atoms with van der Waals surface area (Å²) in [5.41, 5.74) is 0. The van der Waals surface area contributed by atoms with Crippen LogP contribution in [0.25, 0.3) is 0 Å². The highest BCUT2D eigenvalue weighted by Crippen LogP contribution is 2.17. The zero-order valence-corrected chi connectivity index (χ0v) is 11.0. The van der Waals surface area contributed by atoms with Crippen LogP contribution in [0.5, 0.6) is 0 Å². The molecule has 1 rings (SSSR count). The number of hydrogen-bond donors (Lipinski definition) is 0. The number of alkyl halides is 1. The molecule has 0 N–H and O–H groups in total. The third-order valence-corrected chi connectivity index (χ3v) is 5.35. The van der Waals surface area contributed by atoms with E-state index in [2.05, 4.69) is 20.8 Å². The summed E-state index contributed by atoms with van der Waals surface area (Å²) < 4.78 is 22.5. The topological polar surface area (TPSA) is 37.4 Å². The SMILES string of the molecule is CCS(=O)(=O)CCN1CCC(CBr)C1. The molecule has 1 unspecified atom stereocenters. The number of hydrogen-bond acceptors (Lipinski definition) is 3. The predicted molar refractivity (Wildman–Crippen MR) is 62.7 cm³/mol. The van der Waals surface area contributed by atoms with E-state index in [1.807, 2.05) is 0 Å². The van der Waals surface area contributed by atoms with E-state index in [1.165, 1.54) is 6.42 Å². The standard InChI is InChI=1S/C9H18BrNO2S/c1-2-14(12,13)6-5-11-4-3-9(7-10)8-11/h9H,2-8H2,1H3. The molecular weight excluding hydrogens is 266 g/mol. The Bertz CT molecular complexity index is 266. The van der Waals surface area contributed by atoms with Gasteiger partial charge in [-0.2, -0.15) is 0 Å². The fourth-order valence-corrected chi connectivity index (χ4v) is 3.01. The molecule has 0 saturated carbocycles. The van der Waals surface area contributed by atoms with Crippen molar-refractivity contribution < 1.29 is 8.42 Å². The molecule has 0 radical (unpaired) electrons. The van der Waals surface area contributed by atoms with E-state index in [-0.39, 0.29) is 5.75 Å². The maximum Gasteiger partial charge on any atom is 0.151 e. The Morgan fingerprint density at radius 3 is 2.71 bits per heavy atom. The van der Waals surface area contributed by atoms with Crippen molar-refractivity contribution in [1.29, 1.82) is 0 Å². The van der Waals surface area contributed by atoms with Gasteiger partial charge in [0.05, 0.1) is 5.75 Å². The van der Waals surface area contributed by atoms with Gasteiger partial charge in [-0.3, -0.25) is 0 Å². The first-order valence-corrected chi connectivity index (χ1v) is 8.00. The largest absolute Gasteiger partial charge is 0.302 e. The third kappa shape index (κ3) is 3.87. The van der Waals surface area contributed by atoms with Crippen LogP contribution in [0, 0.1) is 5.92 Å². The average Bonchev–Trinajstić information content (AvgIpc) is 2.63. The molecule has 1 saturated heterocycles. The maximum atomic E-state index is 11.3. The van der Waals surface area contributed by atoms with Crippen LogP contribution in [-0.4, -0.2) is 49.8 Å². The van der Waals surface area contributed by atoms with Crippen molar-refractivity contribution in [1.82, 2.24) is 4.90 Å². The van der Waals surface area contributed by atoms with Crippen LogP contribution >= 0.6 is 15.9 Å². The van der Waals surface area contributed by atoms with Crippen LogP contribution in [0.15, 0.2) is 0 Å². The van der Waals surface area contributed by atoms with Crippen LogP contribution in [0.1, 0.15) is 13.3 Å². The van der Waals surface area contributed by atoms with Gasteiger partial charge >= 0.3 is 0 Å². The van der Waals surface area contributed by atoms with Gasteiger partial charge in [-0.05, 0) is 18.9 Å². The van der Waals surface area contributed by atoms with Gasteiger partial charge in [-0.1, -0.05) is 22.9 Å². The second-order valence-electron chi connectivity index (χ2n) is 3.85. The maximum absolute atomic E-state index is 11.3. The van der Waals surface area contributed by atoms with E-state index in [1.54, 1.807) is 6.92 Å². The fourth-order valence-electron chi connectivity index (χ4n) is 1.65. The van der Waals surface area contributed by atoms with Crippen molar-refractivity contribution in [2.24, 2.45) is 5.92 Å². The number of rotatable bonds is 5. The van der Waals surface area contributed by atoms with Gasteiger partial charge < -0.3 is 4.90 Å². The molecule has 1 aliphatic rings. The minimum Gasteiger partial charge on any atom is -0.302 e. The predicted octanol–water partition coefficient (Wildman–Crippen LogP) is 1.14. The summed E-state index contributed by atoms with van der Waals surface area (Å²) in [5, 5.41) is 1.03. The van der Waals surface area contributed by atoms with Crippen LogP contribution in [0.2, 0.25) is 0 Å². The van der Waals surface area contributed by atoms with Crippen molar-refractivity contribution in [2.75, 3.05) is 36.5 Å². The summed E-state index contributed by atoms with van der Waals surface area (Å²) in [5.74, 6) is 1.29. The van der Waals surface area contributed by atoms with Crippen LogP contribution in [0.4, 0.5) is 0 Å². The van der Waals surface area contributed by atoms with Crippen molar-refractivity contribution in [2.45, 2.75) is 13.3 Å². The lowest BCUT2D eigenvalue weighted by Crippen LogP contribution is -2.28. The number of sulfone groups is 1. The van der Waals surface area contributed by atoms with Gasteiger partial charge in [0.15, 0.2) is 9.84 Å². The molecule has 1 heterocycles. The van der Waals surface area contributed by atoms with Crippen molar-refractivity contribution >= 4 is 25.8 Å². The molecule has 14 heavy (non-hydrogen) atoms. The molecule has 0 spiro atoms. The third-order valence-electron chi connectivity index (χ3n) is 2.75. The Morgan fingerprint density at radius 2 is 2.21 bits per heavy atom. The lowest BCUT2D eigenvalue weighted by molar-refractivity contribution is 0.348. The summed E-state index contributed by atoms with van der Waals surface area (Å²) in [6, 6.07) is 0. The van der Waals surface area contributed by atoms with E-state index in [0.29, 0.717) is 18.2 Å². The summed E-state index contributed by atoms with van der Waals surface area (Å²) in [4.78, 5) is 2.25. The fraction of sp³-hybridized carbons (Fsp3) is 1.00. The Labute approximate surface area is 94.9 Å². The molecule has 0 aromatic carbocycles. The molecule has 84 valence electrons. The lowest BCUT2D eigenvalue weighted by atomic mass is 10.2. The highest BCUT2D eigenvalue weighted by molar-refractivity contribution is 9.09. The van der Waals surface area contributed by atoms with Crippen LogP contribution < -0.4 is 0 Å². The molecule has 1 fully saturated rings. The summed E-state index contributed by atoms with van der Waals surface area (Å²) in [6.07, 6.45) is 1.19. The van der Waals surface area contributed by atoms with Crippen LogP contribution in [0.3, 0.4) is 0 Å². The van der Waals surface area contributed by atoms with E-state index < -0.39 is 9.84 Å². The smallest absolute Gasteiger partial charge is 0.151 e. The van der Waals surface area contributed by atoms with Crippen LogP contribution in [-0.2, 0) is 9.84 Å². The Morgan fingerprint density at radius 1 is 1.50 bits per heavy atom. The Kier molecular flexibility index (Phi) is 4.87. The molecule has 1 aliphatic heterocycles. The molecule has 0 amide bonds. The Balaban J connectivity index is 2.27. The molecular formula is C9H18BrNO2S. The molecule has 0 aliphatic carbocycles. The van der Waals surface area contributed by atoms with Gasteiger partial charge in [0.25, 0.3) is 0 Å². The summed E-state index contributed by atoms with van der Waals surface area (Å²) >= 11 is 3.46. The number of halogens is 1.